The molecule has 0 aliphatic heterocycles. The highest BCUT2D eigenvalue weighted by Gasteiger charge is 2.18. The normalized spacial score (nSPS) is 11.3. The Morgan fingerprint density at radius 2 is 0.639 bits per heavy atom. The van der Waals surface area contributed by atoms with Crippen LogP contribution in [0.5, 0.6) is 0 Å². The van der Waals surface area contributed by atoms with Gasteiger partial charge in [0.1, 0.15) is 0 Å². The monoisotopic (exact) mass is 778 g/mol. The molecule has 11 aromatic rings. The molecule has 0 saturated heterocycles. The molecule has 0 aliphatic rings. The molecule has 61 heavy (non-hydrogen) atoms. The van der Waals surface area contributed by atoms with Gasteiger partial charge in [0.15, 0.2) is 17.5 Å². The second kappa shape index (κ2) is 15.5. The Morgan fingerprint density at radius 3 is 1.15 bits per heavy atom. The molecule has 0 N–H and O–H groups in total. The Kier molecular flexibility index (Phi) is 9.14. The van der Waals surface area contributed by atoms with Gasteiger partial charge in [0.25, 0.3) is 0 Å². The van der Waals surface area contributed by atoms with Crippen LogP contribution >= 0.6 is 0 Å². The molecular weight excluding hydrogens is 741 g/mol. The second-order valence-corrected chi connectivity index (χ2v) is 15.2. The minimum absolute atomic E-state index is 0.636. The summed E-state index contributed by atoms with van der Waals surface area (Å²) in [4.78, 5) is 14.9. The summed E-state index contributed by atoms with van der Waals surface area (Å²) in [5.74, 6) is 1.92. The van der Waals surface area contributed by atoms with Gasteiger partial charge >= 0.3 is 0 Å². The number of benzene rings is 9. The minimum Gasteiger partial charge on any atom is -0.309 e. The molecule has 4 nitrogen and oxygen atoms in total. The summed E-state index contributed by atoms with van der Waals surface area (Å²) >= 11 is 0. The number of rotatable bonds is 8. The summed E-state index contributed by atoms with van der Waals surface area (Å²) in [6.45, 7) is 0. The van der Waals surface area contributed by atoms with Crippen LogP contribution in [0.2, 0.25) is 0 Å². The van der Waals surface area contributed by atoms with Crippen molar-refractivity contribution < 1.29 is 0 Å². The van der Waals surface area contributed by atoms with Crippen LogP contribution in [0.15, 0.2) is 231 Å². The summed E-state index contributed by atoms with van der Waals surface area (Å²) in [5, 5.41) is 2.48. The van der Waals surface area contributed by atoms with E-state index in [4.69, 9.17) is 15.0 Å². The predicted octanol–water partition coefficient (Wildman–Crippen LogP) is 14.6. The molecule has 0 aliphatic carbocycles. The van der Waals surface area contributed by atoms with Gasteiger partial charge in [0, 0.05) is 38.7 Å². The summed E-state index contributed by atoms with van der Waals surface area (Å²) < 4.78 is 2.42. The Balaban J connectivity index is 0.920. The molecule has 0 unspecified atom stereocenters. The maximum atomic E-state index is 5.01. The molecule has 9 aromatic carbocycles. The van der Waals surface area contributed by atoms with Crippen molar-refractivity contribution in [3.05, 3.63) is 231 Å². The minimum atomic E-state index is 0.636. The summed E-state index contributed by atoms with van der Waals surface area (Å²) in [7, 11) is 0. The lowest BCUT2D eigenvalue weighted by atomic mass is 9.98. The van der Waals surface area contributed by atoms with Crippen molar-refractivity contribution in [2.75, 3.05) is 0 Å². The molecule has 0 radical (unpaired) electrons. The molecule has 0 fully saturated rings. The molecule has 0 spiro atoms. The lowest BCUT2D eigenvalue weighted by Gasteiger charge is -2.12. The van der Waals surface area contributed by atoms with Gasteiger partial charge in [-0.1, -0.05) is 212 Å². The largest absolute Gasteiger partial charge is 0.309 e. The number of fused-ring (bicyclic) bond motifs is 3. The molecule has 0 amide bonds. The molecular formula is C57H38N4. The van der Waals surface area contributed by atoms with Gasteiger partial charge in [-0.15, -0.1) is 0 Å². The molecule has 2 heterocycles. The van der Waals surface area contributed by atoms with E-state index in [1.807, 2.05) is 36.4 Å². The maximum absolute atomic E-state index is 5.01. The first kappa shape index (κ1) is 35.9. The van der Waals surface area contributed by atoms with Gasteiger partial charge < -0.3 is 4.57 Å². The summed E-state index contributed by atoms with van der Waals surface area (Å²) in [5.41, 5.74) is 15.7. The van der Waals surface area contributed by atoms with Crippen molar-refractivity contribution >= 4 is 21.8 Å². The van der Waals surface area contributed by atoms with E-state index >= 15 is 0 Å². The first-order valence-corrected chi connectivity index (χ1v) is 20.6. The van der Waals surface area contributed by atoms with E-state index in [1.54, 1.807) is 0 Å². The highest BCUT2D eigenvalue weighted by atomic mass is 15.0. The van der Waals surface area contributed by atoms with Crippen LogP contribution in [0.4, 0.5) is 0 Å². The van der Waals surface area contributed by atoms with E-state index in [0.29, 0.717) is 17.5 Å². The van der Waals surface area contributed by atoms with E-state index in [1.165, 1.54) is 49.6 Å². The highest BCUT2D eigenvalue weighted by Crippen LogP contribution is 2.40. The highest BCUT2D eigenvalue weighted by molar-refractivity contribution is 6.14. The number of aromatic nitrogens is 4. The van der Waals surface area contributed by atoms with Gasteiger partial charge in [-0.05, 0) is 57.1 Å². The molecule has 4 heteroatoms. The zero-order valence-electron chi connectivity index (χ0n) is 33.2. The number of hydrogen-bond acceptors (Lipinski definition) is 3. The lowest BCUT2D eigenvalue weighted by molar-refractivity contribution is 1.07. The van der Waals surface area contributed by atoms with Gasteiger partial charge in [-0.25, -0.2) is 15.0 Å². The van der Waals surface area contributed by atoms with Crippen LogP contribution in [0.25, 0.3) is 106 Å². The third kappa shape index (κ3) is 6.86. The van der Waals surface area contributed by atoms with Crippen LogP contribution in [-0.4, -0.2) is 19.5 Å². The van der Waals surface area contributed by atoms with Crippen LogP contribution < -0.4 is 0 Å². The SMILES string of the molecule is c1ccc(-c2ccc(-c3nc(-c4ccccc4)nc(-c4ccc(-c5ccc(-c6ccc7c8cccc(-c9ccccc9)c8n(-c8ccccc8)c7c6)cc5)cc4)n3)cc2)cc1. The van der Waals surface area contributed by atoms with Gasteiger partial charge in [-0.2, -0.15) is 0 Å². The molecule has 0 saturated carbocycles. The Morgan fingerprint density at radius 1 is 0.262 bits per heavy atom. The van der Waals surface area contributed by atoms with Gasteiger partial charge in [0.2, 0.25) is 0 Å². The maximum Gasteiger partial charge on any atom is 0.164 e. The quantitative estimate of drug-likeness (QED) is 0.154. The van der Waals surface area contributed by atoms with Crippen molar-refractivity contribution in [1.29, 1.82) is 0 Å². The number of para-hydroxylation sites is 2. The van der Waals surface area contributed by atoms with Crippen molar-refractivity contribution in [1.82, 2.24) is 19.5 Å². The molecule has 2 aromatic heterocycles. The fraction of sp³-hybridized carbons (Fsp3) is 0. The zero-order chi connectivity index (χ0) is 40.5. The van der Waals surface area contributed by atoms with Crippen LogP contribution in [0.1, 0.15) is 0 Å². The third-order valence-corrected chi connectivity index (χ3v) is 11.5. The van der Waals surface area contributed by atoms with Crippen molar-refractivity contribution in [3.8, 4) is 84.4 Å². The molecule has 0 bridgehead atoms. The number of hydrogen-bond donors (Lipinski definition) is 0. The Labute approximate surface area is 354 Å². The van der Waals surface area contributed by atoms with E-state index in [-0.39, 0.29) is 0 Å². The summed E-state index contributed by atoms with van der Waals surface area (Å²) in [6.07, 6.45) is 0. The smallest absolute Gasteiger partial charge is 0.164 e. The van der Waals surface area contributed by atoms with Crippen molar-refractivity contribution in [3.63, 3.8) is 0 Å². The Hall–Kier alpha value is -8.21. The van der Waals surface area contributed by atoms with Crippen LogP contribution in [-0.2, 0) is 0 Å². The van der Waals surface area contributed by atoms with E-state index in [9.17, 15) is 0 Å². The van der Waals surface area contributed by atoms with Gasteiger partial charge in [-0.3, -0.25) is 0 Å². The van der Waals surface area contributed by atoms with E-state index in [2.05, 4.69) is 199 Å². The first-order valence-electron chi connectivity index (χ1n) is 20.6. The molecule has 11 rings (SSSR count). The topological polar surface area (TPSA) is 43.6 Å². The van der Waals surface area contributed by atoms with Crippen molar-refractivity contribution in [2.45, 2.75) is 0 Å². The average molecular weight is 779 g/mol. The fourth-order valence-corrected chi connectivity index (χ4v) is 8.40. The standard InChI is InChI=1S/C57H38N4/c1-5-14-39(15-6-1)40-28-32-46(33-29-40)56-58-55(45-18-9-3-10-19-45)59-57(60-56)47-34-30-42(31-35-47)41-24-26-43(27-25-41)48-36-37-51-52-23-13-22-50(44-16-7-2-8-17-44)54(52)61(53(51)38-48)49-20-11-4-12-21-49/h1-38H. The molecule has 0 atom stereocenters. The van der Waals surface area contributed by atoms with E-state index < -0.39 is 0 Å². The Bertz CT molecular complexity index is 3290. The average Bonchev–Trinajstić information content (AvgIpc) is 3.69. The molecule has 286 valence electrons. The lowest BCUT2D eigenvalue weighted by Crippen LogP contribution is -2.00. The van der Waals surface area contributed by atoms with Crippen molar-refractivity contribution in [2.24, 2.45) is 0 Å². The van der Waals surface area contributed by atoms with Crippen LogP contribution in [0, 0.1) is 0 Å². The van der Waals surface area contributed by atoms with E-state index in [0.717, 1.165) is 39.1 Å². The predicted molar refractivity (Wildman–Crippen MR) is 252 cm³/mol. The second-order valence-electron chi connectivity index (χ2n) is 15.2. The fourth-order valence-electron chi connectivity index (χ4n) is 8.40. The first-order chi connectivity index (χ1) is 30.2. The zero-order valence-corrected chi connectivity index (χ0v) is 33.2. The number of nitrogens with zero attached hydrogens (tertiary/aromatic N) is 4. The van der Waals surface area contributed by atoms with Crippen LogP contribution in [0.3, 0.4) is 0 Å². The van der Waals surface area contributed by atoms with Gasteiger partial charge in [0.05, 0.1) is 11.0 Å². The third-order valence-electron chi connectivity index (χ3n) is 11.5. The summed E-state index contributed by atoms with van der Waals surface area (Å²) in [6, 6.07) is 81.2.